The van der Waals surface area contributed by atoms with Gasteiger partial charge in [-0.05, 0) is 37.1 Å². The van der Waals surface area contributed by atoms with E-state index in [0.29, 0.717) is 11.0 Å². The topological polar surface area (TPSA) is 68.0 Å². The molecule has 3 rings (SSSR count). The zero-order valence-corrected chi connectivity index (χ0v) is 11.8. The molecule has 0 aliphatic heterocycles. The third-order valence-corrected chi connectivity index (χ3v) is 3.73. The minimum Gasteiger partial charge on any atom is -0.478 e. The highest BCUT2D eigenvalue weighted by atomic mass is 16.4. The van der Waals surface area contributed by atoms with Crippen LogP contribution >= 0.6 is 0 Å². The molecule has 0 fully saturated rings. The van der Waals surface area contributed by atoms with Crippen molar-refractivity contribution >= 4 is 17.0 Å². The van der Waals surface area contributed by atoms with Crippen molar-refractivity contribution in [2.75, 3.05) is 0 Å². The third kappa shape index (κ3) is 2.16. The number of benzene rings is 2. The van der Waals surface area contributed by atoms with Crippen LogP contribution in [-0.2, 0) is 0 Å². The zero-order chi connectivity index (χ0) is 15.0. The summed E-state index contributed by atoms with van der Waals surface area (Å²) in [5, 5.41) is 17.6. The van der Waals surface area contributed by atoms with E-state index in [1.54, 1.807) is 22.9 Å². The Hall–Kier alpha value is -2.69. The average Bonchev–Trinajstić information content (AvgIpc) is 2.90. The number of hydrogen-bond acceptors (Lipinski definition) is 3. The predicted octanol–water partition coefficient (Wildman–Crippen LogP) is 3.05. The Kier molecular flexibility index (Phi) is 3.17. The highest BCUT2D eigenvalue weighted by Gasteiger charge is 2.19. The summed E-state index contributed by atoms with van der Waals surface area (Å²) in [4.78, 5) is 11.4. The molecule has 106 valence electrons. The lowest BCUT2D eigenvalue weighted by atomic mass is 10.0. The molecule has 2 aromatic carbocycles. The van der Waals surface area contributed by atoms with Crippen LogP contribution in [0.3, 0.4) is 0 Å². The molecule has 0 saturated carbocycles. The summed E-state index contributed by atoms with van der Waals surface area (Å²) in [6.07, 6.45) is 0. The SMILES string of the molecule is Cc1ccccc1C(C)n1nnc2cccc(C(=O)O)c21. The van der Waals surface area contributed by atoms with E-state index < -0.39 is 5.97 Å². The summed E-state index contributed by atoms with van der Waals surface area (Å²) in [5.41, 5.74) is 3.61. The molecule has 0 saturated heterocycles. The van der Waals surface area contributed by atoms with Gasteiger partial charge in [-0.25, -0.2) is 9.48 Å². The maximum absolute atomic E-state index is 11.4. The molecule has 1 atom stereocenters. The van der Waals surface area contributed by atoms with E-state index in [4.69, 9.17) is 0 Å². The van der Waals surface area contributed by atoms with Crippen LogP contribution in [0.2, 0.25) is 0 Å². The predicted molar refractivity (Wildman–Crippen MR) is 79.5 cm³/mol. The number of carbonyl (C=O) groups is 1. The van der Waals surface area contributed by atoms with Crippen molar-refractivity contribution in [2.24, 2.45) is 0 Å². The van der Waals surface area contributed by atoms with Gasteiger partial charge in [-0.15, -0.1) is 5.10 Å². The van der Waals surface area contributed by atoms with E-state index >= 15 is 0 Å². The van der Waals surface area contributed by atoms with Gasteiger partial charge in [0.25, 0.3) is 0 Å². The molecule has 1 N–H and O–H groups in total. The Morgan fingerprint density at radius 1 is 1.19 bits per heavy atom. The molecule has 0 aliphatic carbocycles. The molecule has 5 nitrogen and oxygen atoms in total. The number of hydrogen-bond donors (Lipinski definition) is 1. The van der Waals surface area contributed by atoms with Gasteiger partial charge in [-0.2, -0.15) is 0 Å². The number of fused-ring (bicyclic) bond motifs is 1. The van der Waals surface area contributed by atoms with Crippen LogP contribution in [0.25, 0.3) is 11.0 Å². The van der Waals surface area contributed by atoms with Crippen LogP contribution in [0.4, 0.5) is 0 Å². The molecule has 0 amide bonds. The van der Waals surface area contributed by atoms with Gasteiger partial charge in [-0.1, -0.05) is 35.5 Å². The molecule has 5 heteroatoms. The average molecular weight is 281 g/mol. The summed E-state index contributed by atoms with van der Waals surface area (Å²) < 4.78 is 1.68. The number of rotatable bonds is 3. The fraction of sp³-hybridized carbons (Fsp3) is 0.188. The van der Waals surface area contributed by atoms with Crippen LogP contribution in [0.5, 0.6) is 0 Å². The third-order valence-electron chi connectivity index (χ3n) is 3.73. The lowest BCUT2D eigenvalue weighted by molar-refractivity contribution is 0.0698. The van der Waals surface area contributed by atoms with Gasteiger partial charge in [0.15, 0.2) is 0 Å². The largest absolute Gasteiger partial charge is 0.478 e. The van der Waals surface area contributed by atoms with Crippen LogP contribution in [-0.4, -0.2) is 26.1 Å². The first-order valence-corrected chi connectivity index (χ1v) is 6.72. The quantitative estimate of drug-likeness (QED) is 0.801. The summed E-state index contributed by atoms with van der Waals surface area (Å²) >= 11 is 0. The molecule has 1 heterocycles. The molecule has 1 aromatic heterocycles. The van der Waals surface area contributed by atoms with Crippen LogP contribution in [0.15, 0.2) is 42.5 Å². The molecule has 1 unspecified atom stereocenters. The summed E-state index contributed by atoms with van der Waals surface area (Å²) in [6.45, 7) is 4.03. The number of para-hydroxylation sites is 1. The van der Waals surface area contributed by atoms with Crippen LogP contribution < -0.4 is 0 Å². The second-order valence-corrected chi connectivity index (χ2v) is 5.05. The molecule has 3 aromatic rings. The van der Waals surface area contributed by atoms with E-state index in [-0.39, 0.29) is 11.6 Å². The minimum absolute atomic E-state index is 0.0864. The Bertz CT molecular complexity index is 823. The summed E-state index contributed by atoms with van der Waals surface area (Å²) in [7, 11) is 0. The molecule has 0 bridgehead atoms. The van der Waals surface area contributed by atoms with Gasteiger partial charge < -0.3 is 5.11 Å². The van der Waals surface area contributed by atoms with Crippen molar-refractivity contribution in [2.45, 2.75) is 19.9 Å². The first-order valence-electron chi connectivity index (χ1n) is 6.72. The first-order chi connectivity index (χ1) is 10.1. The van der Waals surface area contributed by atoms with Gasteiger partial charge in [0.1, 0.15) is 11.0 Å². The molecule has 21 heavy (non-hydrogen) atoms. The van der Waals surface area contributed by atoms with E-state index in [1.807, 2.05) is 38.1 Å². The highest BCUT2D eigenvalue weighted by Crippen LogP contribution is 2.26. The van der Waals surface area contributed by atoms with Gasteiger partial charge in [-0.3, -0.25) is 0 Å². The lowest BCUT2D eigenvalue weighted by Crippen LogP contribution is -2.12. The fourth-order valence-corrected chi connectivity index (χ4v) is 2.62. The maximum atomic E-state index is 11.4. The van der Waals surface area contributed by atoms with E-state index in [1.165, 1.54) is 0 Å². The second-order valence-electron chi connectivity index (χ2n) is 5.05. The Balaban J connectivity index is 2.21. The van der Waals surface area contributed by atoms with Crippen molar-refractivity contribution in [3.63, 3.8) is 0 Å². The fourth-order valence-electron chi connectivity index (χ4n) is 2.62. The molecular formula is C16H15N3O2. The van der Waals surface area contributed by atoms with E-state index in [9.17, 15) is 9.90 Å². The van der Waals surface area contributed by atoms with Gasteiger partial charge >= 0.3 is 5.97 Å². The smallest absolute Gasteiger partial charge is 0.337 e. The minimum atomic E-state index is -0.971. The molecule has 0 aliphatic rings. The Morgan fingerprint density at radius 2 is 1.95 bits per heavy atom. The van der Waals surface area contributed by atoms with Crippen LogP contribution in [0.1, 0.15) is 34.5 Å². The maximum Gasteiger partial charge on any atom is 0.337 e. The number of aromatic carboxylic acids is 1. The summed E-state index contributed by atoms with van der Waals surface area (Å²) in [6, 6.07) is 13.0. The van der Waals surface area contributed by atoms with Gasteiger partial charge in [0, 0.05) is 0 Å². The van der Waals surface area contributed by atoms with Crippen molar-refractivity contribution in [1.29, 1.82) is 0 Å². The number of nitrogens with zero attached hydrogens (tertiary/aromatic N) is 3. The van der Waals surface area contributed by atoms with E-state index in [2.05, 4.69) is 10.3 Å². The number of carboxylic acids is 1. The number of aryl methyl sites for hydroxylation is 1. The number of carboxylic acid groups (broad SMARTS) is 1. The number of aromatic nitrogens is 3. The summed E-state index contributed by atoms with van der Waals surface area (Å²) in [5.74, 6) is -0.971. The first kappa shape index (κ1) is 13.3. The van der Waals surface area contributed by atoms with Crippen molar-refractivity contribution in [3.8, 4) is 0 Å². The molecular weight excluding hydrogens is 266 g/mol. The van der Waals surface area contributed by atoms with Crippen LogP contribution in [0, 0.1) is 6.92 Å². The van der Waals surface area contributed by atoms with Crippen molar-refractivity contribution in [3.05, 3.63) is 59.2 Å². The second kappa shape index (κ2) is 5.01. The Morgan fingerprint density at radius 3 is 2.67 bits per heavy atom. The van der Waals surface area contributed by atoms with Gasteiger partial charge in [0.2, 0.25) is 0 Å². The Labute approximate surface area is 121 Å². The van der Waals surface area contributed by atoms with Gasteiger partial charge in [0.05, 0.1) is 11.6 Å². The zero-order valence-electron chi connectivity index (χ0n) is 11.8. The molecule has 0 radical (unpaired) electrons. The monoisotopic (exact) mass is 281 g/mol. The normalized spacial score (nSPS) is 12.5. The van der Waals surface area contributed by atoms with Crippen molar-refractivity contribution < 1.29 is 9.90 Å². The lowest BCUT2D eigenvalue weighted by Gasteiger charge is -2.16. The van der Waals surface area contributed by atoms with Crippen molar-refractivity contribution in [1.82, 2.24) is 15.0 Å². The van der Waals surface area contributed by atoms with E-state index in [0.717, 1.165) is 11.1 Å². The standard InChI is InChI=1S/C16H15N3O2/c1-10-6-3-4-7-12(10)11(2)19-15-13(16(20)21)8-5-9-14(15)17-18-19/h3-9,11H,1-2H3,(H,20,21). The molecule has 0 spiro atoms. The highest BCUT2D eigenvalue weighted by molar-refractivity contribution is 6.00.